The number of piperazine rings is 1. The van der Waals surface area contributed by atoms with Crippen molar-refractivity contribution in [2.75, 3.05) is 56.2 Å². The van der Waals surface area contributed by atoms with E-state index < -0.39 is 34.9 Å². The molecule has 0 bridgehead atoms. The third-order valence-electron chi connectivity index (χ3n) is 7.80. The van der Waals surface area contributed by atoms with E-state index in [1.165, 1.54) is 17.6 Å². The second kappa shape index (κ2) is 13.4. The molecule has 5 rings (SSSR count). The predicted molar refractivity (Wildman–Crippen MR) is 166 cm³/mol. The zero-order valence-corrected chi connectivity index (χ0v) is 26.7. The zero-order valence-electron chi connectivity index (χ0n) is 26.7. The molecule has 0 saturated carbocycles. The minimum absolute atomic E-state index is 0.0152. The van der Waals surface area contributed by atoms with Gasteiger partial charge in [-0.15, -0.1) is 5.10 Å². The fourth-order valence-corrected chi connectivity index (χ4v) is 5.55. The number of hydrogen-bond acceptors (Lipinski definition) is 9. The second-order valence-corrected chi connectivity index (χ2v) is 12.4. The van der Waals surface area contributed by atoms with Crippen molar-refractivity contribution in [3.05, 3.63) is 57.3 Å². The number of nitrogens with zero attached hydrogens (tertiary/aromatic N) is 6. The van der Waals surface area contributed by atoms with Crippen LogP contribution in [0.3, 0.4) is 0 Å². The molecule has 2 N–H and O–H groups in total. The minimum Gasteiger partial charge on any atom is -0.444 e. The smallest absolute Gasteiger partial charge is 0.416 e. The van der Waals surface area contributed by atoms with Crippen molar-refractivity contribution in [3.63, 3.8) is 0 Å². The molecule has 0 atom stereocenters. The van der Waals surface area contributed by atoms with Gasteiger partial charge in [-0.2, -0.15) is 22.7 Å². The lowest BCUT2D eigenvalue weighted by atomic mass is 10.1. The molecule has 1 aromatic carbocycles. The molecule has 2 aliphatic rings. The van der Waals surface area contributed by atoms with E-state index in [4.69, 9.17) is 9.47 Å². The van der Waals surface area contributed by atoms with E-state index in [0.29, 0.717) is 31.2 Å². The summed E-state index contributed by atoms with van der Waals surface area (Å²) in [5.74, 6) is -0.232. The van der Waals surface area contributed by atoms with Gasteiger partial charge in [0.05, 0.1) is 24.5 Å². The molecule has 0 unspecified atom stereocenters. The van der Waals surface area contributed by atoms with Gasteiger partial charge in [0.2, 0.25) is 11.7 Å². The van der Waals surface area contributed by atoms with Gasteiger partial charge in [0.15, 0.2) is 5.82 Å². The number of aromatic nitrogens is 4. The molecule has 13 nitrogen and oxygen atoms in total. The average Bonchev–Trinajstić information content (AvgIpc) is 3.46. The van der Waals surface area contributed by atoms with Gasteiger partial charge in [-0.3, -0.25) is 9.59 Å². The maximum absolute atomic E-state index is 14.1. The van der Waals surface area contributed by atoms with E-state index in [1.807, 2.05) is 6.08 Å². The summed E-state index contributed by atoms with van der Waals surface area (Å²) in [6.07, 6.45) is -2.69. The van der Waals surface area contributed by atoms with Gasteiger partial charge in [-0.25, -0.2) is 4.79 Å². The van der Waals surface area contributed by atoms with Crippen molar-refractivity contribution in [1.82, 2.24) is 24.1 Å². The topological polar surface area (TPSA) is 144 Å². The molecule has 3 aromatic rings. The number of benzene rings is 1. The van der Waals surface area contributed by atoms with Crippen LogP contribution in [0.5, 0.6) is 0 Å². The maximum Gasteiger partial charge on any atom is 0.416 e. The lowest BCUT2D eigenvalue weighted by Crippen LogP contribution is -2.52. The van der Waals surface area contributed by atoms with E-state index >= 15 is 0 Å². The van der Waals surface area contributed by atoms with Gasteiger partial charge < -0.3 is 34.3 Å². The van der Waals surface area contributed by atoms with Crippen LogP contribution in [0.2, 0.25) is 0 Å². The van der Waals surface area contributed by atoms with Crippen LogP contribution < -0.4 is 15.8 Å². The monoisotopic (exact) mass is 661 g/mol. The van der Waals surface area contributed by atoms with Gasteiger partial charge in [0, 0.05) is 44.9 Å². The zero-order chi connectivity index (χ0) is 34.1. The quantitative estimate of drug-likeness (QED) is 0.390. The van der Waals surface area contributed by atoms with Gasteiger partial charge in [0.25, 0.3) is 5.56 Å². The van der Waals surface area contributed by atoms with Crippen LogP contribution >= 0.6 is 0 Å². The summed E-state index contributed by atoms with van der Waals surface area (Å²) in [7, 11) is 0. The molecule has 2 aromatic heterocycles. The van der Waals surface area contributed by atoms with Crippen LogP contribution in [0.15, 0.2) is 29.1 Å². The van der Waals surface area contributed by atoms with Crippen molar-refractivity contribution in [1.29, 1.82) is 0 Å². The number of fused-ring (bicyclic) bond motifs is 1. The van der Waals surface area contributed by atoms with Crippen molar-refractivity contribution in [3.8, 4) is 0 Å². The Morgan fingerprint density at radius 2 is 1.85 bits per heavy atom. The number of aliphatic hydroxyl groups is 1. The Bertz CT molecular complexity index is 1750. The van der Waals surface area contributed by atoms with Crippen LogP contribution in [-0.2, 0) is 33.4 Å². The Balaban J connectivity index is 1.53. The molecule has 47 heavy (non-hydrogen) atoms. The molecular weight excluding hydrogens is 623 g/mol. The van der Waals surface area contributed by atoms with Gasteiger partial charge >= 0.3 is 12.3 Å². The molecular formula is C31H38F3N7O6. The number of anilines is 2. The molecule has 1 fully saturated rings. The number of hydrogen-bond donors (Lipinski definition) is 2. The first-order chi connectivity index (χ1) is 22.2. The number of ether oxygens (including phenoxy) is 2. The number of aryl methyl sites for hydroxylation is 1. The second-order valence-electron chi connectivity index (χ2n) is 12.4. The number of halogens is 3. The Morgan fingerprint density at radius 3 is 2.45 bits per heavy atom. The van der Waals surface area contributed by atoms with E-state index in [-0.39, 0.29) is 68.5 Å². The molecule has 16 heteroatoms. The maximum atomic E-state index is 14.1. The summed E-state index contributed by atoms with van der Waals surface area (Å²) >= 11 is 0. The molecule has 0 spiro atoms. The Morgan fingerprint density at radius 1 is 1.13 bits per heavy atom. The Hall–Kier alpha value is -4.44. The highest BCUT2D eigenvalue weighted by Gasteiger charge is 2.32. The van der Waals surface area contributed by atoms with Crippen molar-refractivity contribution >= 4 is 34.7 Å². The number of aliphatic hydroxyl groups excluding tert-OH is 1. The van der Waals surface area contributed by atoms with Crippen LogP contribution in [-0.4, -0.2) is 92.8 Å². The van der Waals surface area contributed by atoms with Gasteiger partial charge in [-0.05, 0) is 63.5 Å². The van der Waals surface area contributed by atoms with Gasteiger partial charge in [-0.1, -0.05) is 6.08 Å². The van der Waals surface area contributed by atoms with Crippen LogP contribution in [0.4, 0.5) is 29.3 Å². The summed E-state index contributed by atoms with van der Waals surface area (Å²) in [6.45, 7) is 7.89. The number of carbonyl (C=O) groups is 2. The Kier molecular flexibility index (Phi) is 9.63. The summed E-state index contributed by atoms with van der Waals surface area (Å²) in [5, 5.41) is 17.3. The van der Waals surface area contributed by atoms with E-state index in [2.05, 4.69) is 15.4 Å². The average molecular weight is 662 g/mol. The SMILES string of the molecule is Cc1cc(C(F)(F)F)ccc1NC(=O)Cn1c(CCO)c(N2CCN(C(=O)OC(C)(C)C)CC2)c(=O)n2nc(C3=CCOCC3)nc12. The van der Waals surface area contributed by atoms with E-state index in [0.717, 1.165) is 22.2 Å². The van der Waals surface area contributed by atoms with E-state index in [9.17, 15) is 32.7 Å². The highest BCUT2D eigenvalue weighted by molar-refractivity contribution is 5.91. The number of carbonyl (C=O) groups excluding carboxylic acids is 2. The first kappa shape index (κ1) is 33.9. The molecule has 0 radical (unpaired) electrons. The summed E-state index contributed by atoms with van der Waals surface area (Å²) < 4.78 is 53.1. The van der Waals surface area contributed by atoms with Crippen molar-refractivity contribution < 1.29 is 37.3 Å². The van der Waals surface area contributed by atoms with Crippen molar-refractivity contribution in [2.45, 2.75) is 58.9 Å². The first-order valence-corrected chi connectivity index (χ1v) is 15.3. The highest BCUT2D eigenvalue weighted by atomic mass is 19.4. The third-order valence-corrected chi connectivity index (χ3v) is 7.80. The van der Waals surface area contributed by atoms with E-state index in [1.54, 1.807) is 30.6 Å². The predicted octanol–water partition coefficient (Wildman–Crippen LogP) is 3.25. The fraction of sp³-hybridized carbons (Fsp3) is 0.516. The number of alkyl halides is 3. The number of nitrogens with one attached hydrogen (secondary N) is 1. The third kappa shape index (κ3) is 7.59. The lowest BCUT2D eigenvalue weighted by molar-refractivity contribution is -0.137. The largest absolute Gasteiger partial charge is 0.444 e. The molecule has 2 aliphatic heterocycles. The van der Waals surface area contributed by atoms with Crippen LogP contribution in [0, 0.1) is 6.92 Å². The Labute approximate surface area is 268 Å². The summed E-state index contributed by atoms with van der Waals surface area (Å²) in [6, 6.07) is 3.03. The van der Waals surface area contributed by atoms with Gasteiger partial charge in [0.1, 0.15) is 17.8 Å². The fourth-order valence-electron chi connectivity index (χ4n) is 5.55. The van der Waals surface area contributed by atoms with Crippen LogP contribution in [0.1, 0.15) is 49.8 Å². The molecule has 2 amide bonds. The summed E-state index contributed by atoms with van der Waals surface area (Å²) in [4.78, 5) is 48.2. The lowest BCUT2D eigenvalue weighted by Gasteiger charge is -2.37. The highest BCUT2D eigenvalue weighted by Crippen LogP contribution is 2.32. The van der Waals surface area contributed by atoms with Crippen LogP contribution in [0.25, 0.3) is 11.4 Å². The number of amides is 2. The normalized spacial score (nSPS) is 16.0. The molecule has 1 saturated heterocycles. The van der Waals surface area contributed by atoms with Crippen molar-refractivity contribution in [2.24, 2.45) is 0 Å². The molecule has 4 heterocycles. The standard InChI is InChI=1S/C31H38F3N7O6/c1-19-17-21(31(32,33)34)5-6-22(19)35-24(43)18-40-23(7-14-42)25(38-10-12-39(13-11-38)29(45)47-30(2,3)4)27(44)41-28(40)36-26(37-41)20-8-15-46-16-9-20/h5-6,8,17,42H,7,9-16,18H2,1-4H3,(H,35,43). The number of rotatable bonds is 7. The summed E-state index contributed by atoms with van der Waals surface area (Å²) in [5.41, 5.74) is -0.310. The molecule has 254 valence electrons. The first-order valence-electron chi connectivity index (χ1n) is 15.3. The minimum atomic E-state index is -4.53. The molecule has 0 aliphatic carbocycles.